The quantitative estimate of drug-likeness (QED) is 0.291. The second kappa shape index (κ2) is 9.10. The summed E-state index contributed by atoms with van der Waals surface area (Å²) in [7, 11) is 0. The molecule has 1 amide bonds. The summed E-state index contributed by atoms with van der Waals surface area (Å²) in [6.07, 6.45) is 2.60. The number of nitrogens with zero attached hydrogens (tertiary/aromatic N) is 1. The third-order valence-electron chi connectivity index (χ3n) is 4.06. The van der Waals surface area contributed by atoms with Crippen LogP contribution in [0.4, 0.5) is 5.69 Å². The van der Waals surface area contributed by atoms with Gasteiger partial charge >= 0.3 is 5.97 Å². The monoisotopic (exact) mass is 389 g/mol. The highest BCUT2D eigenvalue weighted by Gasteiger charge is 2.21. The van der Waals surface area contributed by atoms with Crippen LogP contribution in [-0.2, 0) is 9.59 Å². The fraction of sp³-hybridized carbons (Fsp3) is 0.300. The minimum absolute atomic E-state index is 0.146. The van der Waals surface area contributed by atoms with Crippen LogP contribution < -0.4 is 9.64 Å². The standard InChI is InChI=1S/C20H20ClNO3S/c21-15-5-11-18(12-6-15)26-14-2-4-20(24)25-17-9-7-16(8-10-17)22-13-1-3-19(22)23/h5-12H,1-4,13-14H2. The molecule has 0 N–H and O–H groups in total. The zero-order chi connectivity index (χ0) is 18.4. The molecule has 1 saturated heterocycles. The van der Waals surface area contributed by atoms with Gasteiger partial charge in [0.1, 0.15) is 5.75 Å². The Morgan fingerprint density at radius 2 is 1.85 bits per heavy atom. The van der Waals surface area contributed by atoms with Gasteiger partial charge in [0, 0.05) is 35.0 Å². The third kappa shape index (κ3) is 5.26. The van der Waals surface area contributed by atoms with E-state index in [4.69, 9.17) is 16.3 Å². The van der Waals surface area contributed by atoms with Gasteiger partial charge in [-0.2, -0.15) is 0 Å². The summed E-state index contributed by atoms with van der Waals surface area (Å²) in [5.74, 6) is 1.25. The Balaban J connectivity index is 1.40. The molecule has 0 aliphatic carbocycles. The van der Waals surface area contributed by atoms with Gasteiger partial charge in [-0.05, 0) is 67.1 Å². The molecule has 4 nitrogen and oxygen atoms in total. The molecule has 0 saturated carbocycles. The highest BCUT2D eigenvalue weighted by molar-refractivity contribution is 7.99. The molecule has 0 spiro atoms. The second-order valence-corrected chi connectivity index (χ2v) is 7.63. The third-order valence-corrected chi connectivity index (χ3v) is 5.41. The first-order valence-electron chi connectivity index (χ1n) is 8.61. The van der Waals surface area contributed by atoms with Crippen molar-refractivity contribution >= 4 is 40.9 Å². The van der Waals surface area contributed by atoms with Crippen LogP contribution in [0.1, 0.15) is 25.7 Å². The van der Waals surface area contributed by atoms with E-state index in [1.807, 2.05) is 36.4 Å². The molecular formula is C20H20ClNO3S. The minimum Gasteiger partial charge on any atom is -0.427 e. The van der Waals surface area contributed by atoms with Gasteiger partial charge in [0.15, 0.2) is 0 Å². The predicted octanol–water partition coefficient (Wildman–Crippen LogP) is 4.94. The van der Waals surface area contributed by atoms with Crippen molar-refractivity contribution in [2.75, 3.05) is 17.2 Å². The van der Waals surface area contributed by atoms with E-state index in [1.54, 1.807) is 28.8 Å². The zero-order valence-electron chi connectivity index (χ0n) is 14.3. The maximum absolute atomic E-state index is 11.9. The van der Waals surface area contributed by atoms with Gasteiger partial charge in [-0.3, -0.25) is 9.59 Å². The van der Waals surface area contributed by atoms with Gasteiger partial charge in [0.05, 0.1) is 0 Å². The molecule has 2 aromatic rings. The number of carbonyl (C=O) groups excluding carboxylic acids is 2. The molecule has 1 heterocycles. The Kier molecular flexibility index (Phi) is 6.58. The normalized spacial score (nSPS) is 13.9. The molecule has 0 atom stereocenters. The molecular weight excluding hydrogens is 370 g/mol. The molecule has 26 heavy (non-hydrogen) atoms. The Morgan fingerprint density at radius 1 is 1.12 bits per heavy atom. The summed E-state index contributed by atoms with van der Waals surface area (Å²) in [6.45, 7) is 0.753. The molecule has 6 heteroatoms. The summed E-state index contributed by atoms with van der Waals surface area (Å²) in [6, 6.07) is 14.8. The summed E-state index contributed by atoms with van der Waals surface area (Å²) < 4.78 is 5.36. The maximum atomic E-state index is 11.9. The van der Waals surface area contributed by atoms with Crippen LogP contribution in [0, 0.1) is 0 Å². The highest BCUT2D eigenvalue weighted by Crippen LogP contribution is 2.24. The molecule has 1 aliphatic rings. The number of esters is 1. The topological polar surface area (TPSA) is 46.6 Å². The van der Waals surface area contributed by atoms with Crippen molar-refractivity contribution in [3.8, 4) is 5.75 Å². The predicted molar refractivity (Wildman–Crippen MR) is 105 cm³/mol. The van der Waals surface area contributed by atoms with E-state index in [0.29, 0.717) is 18.6 Å². The number of thioether (sulfide) groups is 1. The van der Waals surface area contributed by atoms with Crippen LogP contribution in [0.5, 0.6) is 5.75 Å². The number of hydrogen-bond acceptors (Lipinski definition) is 4. The molecule has 2 aromatic carbocycles. The molecule has 1 aliphatic heterocycles. The number of ether oxygens (including phenoxy) is 1. The molecule has 1 fully saturated rings. The first kappa shape index (κ1) is 18.8. The van der Waals surface area contributed by atoms with Crippen molar-refractivity contribution in [2.24, 2.45) is 0 Å². The maximum Gasteiger partial charge on any atom is 0.311 e. The lowest BCUT2D eigenvalue weighted by Gasteiger charge is -2.15. The average Bonchev–Trinajstić information content (AvgIpc) is 3.07. The number of carbonyl (C=O) groups is 2. The van der Waals surface area contributed by atoms with E-state index in [1.165, 1.54) is 0 Å². The van der Waals surface area contributed by atoms with Crippen molar-refractivity contribution in [2.45, 2.75) is 30.6 Å². The van der Waals surface area contributed by atoms with Crippen molar-refractivity contribution < 1.29 is 14.3 Å². The molecule has 0 aromatic heterocycles. The summed E-state index contributed by atoms with van der Waals surface area (Å²) in [5, 5.41) is 0.720. The SMILES string of the molecule is O=C(CCCSc1ccc(Cl)cc1)Oc1ccc(N2CCCC2=O)cc1. The fourth-order valence-electron chi connectivity index (χ4n) is 2.74. The number of benzene rings is 2. The Morgan fingerprint density at radius 3 is 2.50 bits per heavy atom. The average molecular weight is 390 g/mol. The largest absolute Gasteiger partial charge is 0.427 e. The van der Waals surface area contributed by atoms with Crippen LogP contribution in [0.25, 0.3) is 0 Å². The van der Waals surface area contributed by atoms with Crippen LogP contribution in [0.2, 0.25) is 5.02 Å². The van der Waals surface area contributed by atoms with Gasteiger partial charge in [-0.15, -0.1) is 11.8 Å². The molecule has 3 rings (SSSR count). The van der Waals surface area contributed by atoms with Crippen LogP contribution in [0.15, 0.2) is 53.4 Å². The van der Waals surface area contributed by atoms with Crippen molar-refractivity contribution in [3.05, 3.63) is 53.6 Å². The summed E-state index contributed by atoms with van der Waals surface area (Å²) in [4.78, 5) is 26.6. The zero-order valence-corrected chi connectivity index (χ0v) is 15.9. The summed E-state index contributed by atoms with van der Waals surface area (Å²) in [5.41, 5.74) is 0.853. The van der Waals surface area contributed by atoms with Crippen molar-refractivity contribution in [1.29, 1.82) is 0 Å². The van der Waals surface area contributed by atoms with Gasteiger partial charge in [0.2, 0.25) is 5.91 Å². The lowest BCUT2D eigenvalue weighted by Crippen LogP contribution is -2.23. The van der Waals surface area contributed by atoms with E-state index in [9.17, 15) is 9.59 Å². The lowest BCUT2D eigenvalue weighted by atomic mass is 10.2. The van der Waals surface area contributed by atoms with Gasteiger partial charge in [0.25, 0.3) is 0 Å². The van der Waals surface area contributed by atoms with Gasteiger partial charge in [-0.1, -0.05) is 11.6 Å². The van der Waals surface area contributed by atoms with Crippen LogP contribution in [-0.4, -0.2) is 24.2 Å². The fourth-order valence-corrected chi connectivity index (χ4v) is 3.71. The second-order valence-electron chi connectivity index (χ2n) is 6.02. The van der Waals surface area contributed by atoms with Crippen LogP contribution in [0.3, 0.4) is 0 Å². The number of hydrogen-bond donors (Lipinski definition) is 0. The van der Waals surface area contributed by atoms with Crippen molar-refractivity contribution in [1.82, 2.24) is 0 Å². The van der Waals surface area contributed by atoms with E-state index in [2.05, 4.69) is 0 Å². The van der Waals surface area contributed by atoms with E-state index < -0.39 is 0 Å². The highest BCUT2D eigenvalue weighted by atomic mass is 35.5. The lowest BCUT2D eigenvalue weighted by molar-refractivity contribution is -0.134. The number of amides is 1. The first-order chi connectivity index (χ1) is 12.6. The smallest absolute Gasteiger partial charge is 0.311 e. The molecule has 136 valence electrons. The minimum atomic E-state index is -0.244. The first-order valence-corrected chi connectivity index (χ1v) is 9.98. The van der Waals surface area contributed by atoms with Crippen molar-refractivity contribution in [3.63, 3.8) is 0 Å². The number of halogens is 1. The molecule has 0 radical (unpaired) electrons. The van der Waals surface area contributed by atoms with E-state index >= 15 is 0 Å². The Hall–Kier alpha value is -1.98. The van der Waals surface area contributed by atoms with Gasteiger partial charge < -0.3 is 9.64 Å². The van der Waals surface area contributed by atoms with E-state index in [0.717, 1.165) is 40.7 Å². The van der Waals surface area contributed by atoms with E-state index in [-0.39, 0.29) is 11.9 Å². The Bertz CT molecular complexity index is 762. The molecule has 0 bridgehead atoms. The number of anilines is 1. The van der Waals surface area contributed by atoms with Crippen LogP contribution >= 0.6 is 23.4 Å². The molecule has 0 unspecified atom stereocenters. The Labute approximate surface area is 162 Å². The summed E-state index contributed by atoms with van der Waals surface area (Å²) >= 11 is 7.55. The number of rotatable bonds is 7. The van der Waals surface area contributed by atoms with Gasteiger partial charge in [-0.25, -0.2) is 0 Å².